The zero-order valence-corrected chi connectivity index (χ0v) is 15.0. The second-order valence-corrected chi connectivity index (χ2v) is 7.51. The van der Waals surface area contributed by atoms with Crippen molar-refractivity contribution >= 4 is 11.3 Å². The first-order chi connectivity index (χ1) is 11.1. The number of pyridine rings is 1. The lowest BCUT2D eigenvalue weighted by molar-refractivity contribution is 0.271. The number of nitrogens with zero attached hydrogens (tertiary/aromatic N) is 2. The number of thiophene rings is 1. The third kappa shape index (κ3) is 3.64. The summed E-state index contributed by atoms with van der Waals surface area (Å²) in [5.41, 5.74) is 5.08. The first-order valence-corrected chi connectivity index (χ1v) is 9.40. The van der Waals surface area contributed by atoms with E-state index in [1.54, 1.807) is 10.4 Å². The lowest BCUT2D eigenvalue weighted by atomic mass is 9.90. The van der Waals surface area contributed by atoms with Crippen molar-refractivity contribution in [3.05, 3.63) is 50.7 Å². The maximum atomic E-state index is 13.3. The van der Waals surface area contributed by atoms with Crippen LogP contribution in [0.3, 0.4) is 0 Å². The summed E-state index contributed by atoms with van der Waals surface area (Å²) in [5, 5.41) is 2.35. The van der Waals surface area contributed by atoms with Gasteiger partial charge in [-0.05, 0) is 66.8 Å². The summed E-state index contributed by atoms with van der Waals surface area (Å²) in [4.78, 5) is 8.11. The van der Waals surface area contributed by atoms with Crippen molar-refractivity contribution in [1.29, 1.82) is 0 Å². The van der Waals surface area contributed by atoms with Crippen molar-refractivity contribution in [2.45, 2.75) is 52.5 Å². The fourth-order valence-corrected chi connectivity index (χ4v) is 4.66. The highest BCUT2D eigenvalue weighted by Crippen LogP contribution is 2.34. The second-order valence-electron chi connectivity index (χ2n) is 6.55. The minimum atomic E-state index is -0.370. The van der Waals surface area contributed by atoms with Crippen LogP contribution in [0.25, 0.3) is 0 Å². The van der Waals surface area contributed by atoms with E-state index in [0.717, 1.165) is 37.2 Å². The Labute approximate surface area is 142 Å². The average Bonchev–Trinajstić information content (AvgIpc) is 2.98. The molecule has 0 aromatic carbocycles. The number of fused-ring (bicyclic) bond motifs is 1. The van der Waals surface area contributed by atoms with Crippen LogP contribution in [-0.4, -0.2) is 23.0 Å². The first-order valence-electron chi connectivity index (χ1n) is 8.52. The summed E-state index contributed by atoms with van der Waals surface area (Å²) >= 11 is 1.91. The molecule has 0 fully saturated rings. The second kappa shape index (κ2) is 7.10. The Morgan fingerprint density at radius 1 is 1.39 bits per heavy atom. The van der Waals surface area contributed by atoms with E-state index in [9.17, 15) is 4.39 Å². The van der Waals surface area contributed by atoms with Crippen molar-refractivity contribution in [2.75, 3.05) is 13.1 Å². The Morgan fingerprint density at radius 3 is 3.00 bits per heavy atom. The van der Waals surface area contributed by atoms with Crippen molar-refractivity contribution in [3.8, 4) is 0 Å². The van der Waals surface area contributed by atoms with E-state index in [-0.39, 0.29) is 5.95 Å². The third-order valence-corrected chi connectivity index (χ3v) is 6.05. The molecule has 0 aliphatic carbocycles. The number of hydrogen-bond acceptors (Lipinski definition) is 3. The van der Waals surface area contributed by atoms with Gasteiger partial charge in [0.05, 0.1) is 0 Å². The van der Waals surface area contributed by atoms with E-state index in [0.29, 0.717) is 5.92 Å². The minimum Gasteiger partial charge on any atom is -0.298 e. The standard InChI is InChI=1S/C19H25FN2S/c1-4-22-10-9-15-16(12-23-18(15)11-22)13(2)5-7-17-14(3)6-8-19(20)21-17/h6,8,12-13H,4-5,7,9-11H2,1-3H3. The van der Waals surface area contributed by atoms with Crippen LogP contribution < -0.4 is 0 Å². The van der Waals surface area contributed by atoms with E-state index in [4.69, 9.17) is 0 Å². The van der Waals surface area contributed by atoms with Crippen molar-refractivity contribution < 1.29 is 4.39 Å². The summed E-state index contributed by atoms with van der Waals surface area (Å²) < 4.78 is 13.3. The Hall–Kier alpha value is -1.26. The largest absolute Gasteiger partial charge is 0.298 e. The molecule has 0 spiro atoms. The SMILES string of the molecule is CCN1CCc2c(C(C)CCc3nc(F)ccc3C)csc2C1. The van der Waals surface area contributed by atoms with Gasteiger partial charge in [-0.2, -0.15) is 4.39 Å². The van der Waals surface area contributed by atoms with Gasteiger partial charge < -0.3 is 0 Å². The Bertz CT molecular complexity index is 680. The van der Waals surface area contributed by atoms with Gasteiger partial charge >= 0.3 is 0 Å². The number of likely N-dealkylation sites (N-methyl/N-ethyl adjacent to an activating group) is 1. The number of aryl methyl sites for hydroxylation is 2. The van der Waals surface area contributed by atoms with Crippen LogP contribution in [0.4, 0.5) is 4.39 Å². The normalized spacial score (nSPS) is 16.3. The number of hydrogen-bond donors (Lipinski definition) is 0. The summed E-state index contributed by atoms with van der Waals surface area (Å²) in [7, 11) is 0. The van der Waals surface area contributed by atoms with Gasteiger partial charge in [0, 0.05) is 23.7 Å². The van der Waals surface area contributed by atoms with Crippen LogP contribution in [0.2, 0.25) is 0 Å². The molecule has 4 heteroatoms. The van der Waals surface area contributed by atoms with Crippen LogP contribution in [-0.2, 0) is 19.4 Å². The molecule has 0 radical (unpaired) electrons. The molecule has 23 heavy (non-hydrogen) atoms. The summed E-state index contributed by atoms with van der Waals surface area (Å²) in [6.07, 6.45) is 3.04. The minimum absolute atomic E-state index is 0.370. The van der Waals surface area contributed by atoms with Crippen LogP contribution in [0.15, 0.2) is 17.5 Å². The molecule has 2 nitrogen and oxygen atoms in total. The van der Waals surface area contributed by atoms with Gasteiger partial charge in [0.15, 0.2) is 0 Å². The maximum Gasteiger partial charge on any atom is 0.213 e. The van der Waals surface area contributed by atoms with Gasteiger partial charge in [0.1, 0.15) is 0 Å². The van der Waals surface area contributed by atoms with Gasteiger partial charge in [0.2, 0.25) is 5.95 Å². The van der Waals surface area contributed by atoms with E-state index in [1.807, 2.05) is 24.3 Å². The quantitative estimate of drug-likeness (QED) is 0.738. The van der Waals surface area contributed by atoms with E-state index in [2.05, 4.69) is 29.1 Å². The van der Waals surface area contributed by atoms with Gasteiger partial charge in [-0.1, -0.05) is 19.9 Å². The molecule has 3 heterocycles. The zero-order valence-electron chi connectivity index (χ0n) is 14.2. The van der Waals surface area contributed by atoms with Crippen LogP contribution >= 0.6 is 11.3 Å². The molecule has 124 valence electrons. The van der Waals surface area contributed by atoms with E-state index < -0.39 is 0 Å². The lowest BCUT2D eigenvalue weighted by Gasteiger charge is -2.26. The molecule has 3 rings (SSSR count). The Morgan fingerprint density at radius 2 is 2.22 bits per heavy atom. The molecule has 2 aromatic rings. The molecular weight excluding hydrogens is 307 g/mol. The van der Waals surface area contributed by atoms with Gasteiger partial charge in [-0.25, -0.2) is 4.98 Å². The van der Waals surface area contributed by atoms with Gasteiger partial charge in [0.25, 0.3) is 0 Å². The zero-order chi connectivity index (χ0) is 16.4. The van der Waals surface area contributed by atoms with Gasteiger partial charge in [-0.3, -0.25) is 4.90 Å². The van der Waals surface area contributed by atoms with Crippen molar-refractivity contribution in [3.63, 3.8) is 0 Å². The Balaban J connectivity index is 1.69. The molecule has 2 aromatic heterocycles. The van der Waals surface area contributed by atoms with Gasteiger partial charge in [-0.15, -0.1) is 11.3 Å². The van der Waals surface area contributed by atoms with E-state index >= 15 is 0 Å². The van der Waals surface area contributed by atoms with Crippen LogP contribution in [0, 0.1) is 12.9 Å². The molecule has 0 amide bonds. The van der Waals surface area contributed by atoms with E-state index in [1.165, 1.54) is 24.6 Å². The van der Waals surface area contributed by atoms with Crippen LogP contribution in [0.1, 0.15) is 53.4 Å². The number of aromatic nitrogens is 1. The number of rotatable bonds is 5. The third-order valence-electron chi connectivity index (χ3n) is 5.02. The first kappa shape index (κ1) is 16.6. The van der Waals surface area contributed by atoms with Crippen molar-refractivity contribution in [1.82, 2.24) is 9.88 Å². The summed E-state index contributed by atoms with van der Waals surface area (Å²) in [6.45, 7) is 9.95. The van der Waals surface area contributed by atoms with Crippen LogP contribution in [0.5, 0.6) is 0 Å². The summed E-state index contributed by atoms with van der Waals surface area (Å²) in [6, 6.07) is 3.27. The highest BCUT2D eigenvalue weighted by Gasteiger charge is 2.22. The molecule has 0 bridgehead atoms. The molecule has 0 saturated heterocycles. The highest BCUT2D eigenvalue weighted by atomic mass is 32.1. The van der Waals surface area contributed by atoms with Crippen molar-refractivity contribution in [2.24, 2.45) is 0 Å². The average molecular weight is 332 g/mol. The molecule has 0 saturated carbocycles. The topological polar surface area (TPSA) is 16.1 Å². The summed E-state index contributed by atoms with van der Waals surface area (Å²) in [5.74, 6) is 0.137. The molecule has 1 atom stereocenters. The fraction of sp³-hybridized carbons (Fsp3) is 0.526. The number of halogens is 1. The monoisotopic (exact) mass is 332 g/mol. The predicted molar refractivity (Wildman–Crippen MR) is 94.6 cm³/mol. The predicted octanol–water partition coefficient (Wildman–Crippen LogP) is 4.70. The maximum absolute atomic E-state index is 13.3. The smallest absolute Gasteiger partial charge is 0.213 e. The Kier molecular flexibility index (Phi) is 5.12. The molecule has 1 aliphatic heterocycles. The molecular formula is C19H25FN2S. The lowest BCUT2D eigenvalue weighted by Crippen LogP contribution is -2.29. The highest BCUT2D eigenvalue weighted by molar-refractivity contribution is 7.10. The molecule has 1 unspecified atom stereocenters. The fourth-order valence-electron chi connectivity index (χ4n) is 3.40. The molecule has 0 N–H and O–H groups in total. The molecule has 1 aliphatic rings.